The second-order valence-electron chi connectivity index (χ2n) is 7.88. The highest BCUT2D eigenvalue weighted by Crippen LogP contribution is 2.36. The van der Waals surface area contributed by atoms with Gasteiger partial charge in [-0.3, -0.25) is 4.79 Å². The van der Waals surface area contributed by atoms with Crippen molar-refractivity contribution in [2.24, 2.45) is 0 Å². The Morgan fingerprint density at radius 2 is 1.85 bits per heavy atom. The molecule has 0 atom stereocenters. The van der Waals surface area contributed by atoms with E-state index >= 15 is 0 Å². The van der Waals surface area contributed by atoms with Crippen molar-refractivity contribution in [1.82, 2.24) is 14.8 Å². The molecule has 2 heterocycles. The molecule has 4 aromatic rings. The van der Waals surface area contributed by atoms with E-state index < -0.39 is 11.7 Å². The molecule has 0 fully saturated rings. The molecule has 1 aromatic heterocycles. The molecule has 8 nitrogen and oxygen atoms in total. The van der Waals surface area contributed by atoms with E-state index in [1.165, 1.54) is 18.2 Å². The smallest absolute Gasteiger partial charge is 0.336 e. The van der Waals surface area contributed by atoms with Crippen molar-refractivity contribution in [2.75, 3.05) is 12.1 Å². The topological polar surface area (TPSA) is 87.5 Å². The molecule has 1 N–H and O–H groups in total. The van der Waals surface area contributed by atoms with Gasteiger partial charge in [-0.25, -0.2) is 9.07 Å². The van der Waals surface area contributed by atoms with Crippen LogP contribution < -0.4 is 19.5 Å². The summed E-state index contributed by atoms with van der Waals surface area (Å²) >= 11 is 0. The lowest BCUT2D eigenvalue weighted by atomic mass is 10.2. The molecular formula is C25H21FN4O4. The first kappa shape index (κ1) is 21.4. The zero-order chi connectivity index (χ0) is 23.7. The monoisotopic (exact) mass is 460 g/mol. The van der Waals surface area contributed by atoms with Crippen LogP contribution in [0, 0.1) is 5.82 Å². The number of ether oxygens (including phenoxy) is 3. The first-order chi connectivity index (χ1) is 16.5. The number of carbonyl (C=O) groups excluding carboxylic acids is 1. The summed E-state index contributed by atoms with van der Waals surface area (Å²) in [6.45, 7) is 3.98. The Kier molecular flexibility index (Phi) is 5.59. The number of carbonyl (C=O) groups is 1. The number of aromatic nitrogens is 3. The Balaban J connectivity index is 1.44. The van der Waals surface area contributed by atoms with Crippen LogP contribution in [0.2, 0.25) is 0 Å². The van der Waals surface area contributed by atoms with Gasteiger partial charge in [0.1, 0.15) is 5.82 Å². The summed E-state index contributed by atoms with van der Waals surface area (Å²) in [5.41, 5.74) is 2.28. The molecule has 0 aliphatic carbocycles. The zero-order valence-corrected chi connectivity index (χ0v) is 18.5. The lowest BCUT2D eigenvalue weighted by Gasteiger charge is -2.09. The molecular weight excluding hydrogens is 439 g/mol. The van der Waals surface area contributed by atoms with Gasteiger partial charge in [0.2, 0.25) is 6.79 Å². The highest BCUT2D eigenvalue weighted by Gasteiger charge is 2.20. The van der Waals surface area contributed by atoms with Crippen molar-refractivity contribution in [3.63, 3.8) is 0 Å². The molecule has 0 spiro atoms. The first-order valence-corrected chi connectivity index (χ1v) is 10.7. The van der Waals surface area contributed by atoms with Crippen LogP contribution in [0.3, 0.4) is 0 Å². The van der Waals surface area contributed by atoms with E-state index in [9.17, 15) is 9.18 Å². The van der Waals surface area contributed by atoms with Crippen LogP contribution in [-0.4, -0.2) is 33.6 Å². The van der Waals surface area contributed by atoms with Gasteiger partial charge in [0.25, 0.3) is 5.91 Å². The van der Waals surface area contributed by atoms with E-state index in [-0.39, 0.29) is 24.5 Å². The van der Waals surface area contributed by atoms with Gasteiger partial charge >= 0.3 is 6.01 Å². The van der Waals surface area contributed by atoms with E-state index in [4.69, 9.17) is 14.2 Å². The summed E-state index contributed by atoms with van der Waals surface area (Å²) in [5.74, 6) is 0.998. The van der Waals surface area contributed by atoms with Crippen LogP contribution >= 0.6 is 0 Å². The fourth-order valence-corrected chi connectivity index (χ4v) is 3.48. The molecule has 1 aliphatic heterocycles. The van der Waals surface area contributed by atoms with Gasteiger partial charge in [-0.1, -0.05) is 6.07 Å². The van der Waals surface area contributed by atoms with Crippen LogP contribution in [0.1, 0.15) is 24.2 Å². The van der Waals surface area contributed by atoms with Crippen LogP contribution in [0.15, 0.2) is 66.7 Å². The third kappa shape index (κ3) is 4.40. The van der Waals surface area contributed by atoms with Gasteiger partial charge in [-0.05, 0) is 74.5 Å². The Morgan fingerprint density at radius 3 is 2.62 bits per heavy atom. The summed E-state index contributed by atoms with van der Waals surface area (Å²) in [7, 11) is 0. The molecule has 0 saturated heterocycles. The summed E-state index contributed by atoms with van der Waals surface area (Å²) < 4.78 is 31.7. The Labute approximate surface area is 194 Å². The van der Waals surface area contributed by atoms with Crippen LogP contribution in [0.4, 0.5) is 10.1 Å². The number of fused-ring (bicyclic) bond motifs is 1. The molecule has 9 heteroatoms. The van der Waals surface area contributed by atoms with Gasteiger partial charge in [-0.2, -0.15) is 4.98 Å². The van der Waals surface area contributed by atoms with E-state index in [2.05, 4.69) is 15.4 Å². The number of amides is 1. The van der Waals surface area contributed by atoms with Crippen molar-refractivity contribution < 1.29 is 23.4 Å². The highest BCUT2D eigenvalue weighted by molar-refractivity contribution is 6.04. The number of halogens is 1. The fraction of sp³-hybridized carbons (Fsp3) is 0.160. The summed E-state index contributed by atoms with van der Waals surface area (Å²) in [5, 5.41) is 7.28. The second kappa shape index (κ2) is 8.86. The number of nitrogens with zero attached hydrogens (tertiary/aromatic N) is 3. The summed E-state index contributed by atoms with van der Waals surface area (Å²) in [6.07, 6.45) is -0.0964. The van der Waals surface area contributed by atoms with E-state index in [0.717, 1.165) is 5.56 Å². The first-order valence-electron chi connectivity index (χ1n) is 10.7. The average Bonchev–Trinajstić information content (AvgIpc) is 3.45. The molecule has 0 unspecified atom stereocenters. The maximum absolute atomic E-state index is 13.4. The standard InChI is InChI=1S/C25H21FN4O4/c1-15(2)34-25-28-23(16-6-11-21-22(13-16)33-14-32-21)30(29-25)20-9-7-19(8-10-20)27-24(31)17-4-3-5-18(26)12-17/h3-13,15H,14H2,1-2H3,(H,27,31). The largest absolute Gasteiger partial charge is 0.460 e. The van der Waals surface area contributed by atoms with Gasteiger partial charge in [0.15, 0.2) is 17.3 Å². The van der Waals surface area contributed by atoms with Crippen molar-refractivity contribution in [1.29, 1.82) is 0 Å². The predicted octanol–water partition coefficient (Wildman–Crippen LogP) is 4.84. The Morgan fingerprint density at radius 1 is 1.06 bits per heavy atom. The zero-order valence-electron chi connectivity index (χ0n) is 18.5. The molecule has 0 radical (unpaired) electrons. The molecule has 1 aliphatic rings. The number of anilines is 1. The van der Waals surface area contributed by atoms with Gasteiger partial charge in [0, 0.05) is 16.8 Å². The summed E-state index contributed by atoms with van der Waals surface area (Å²) in [6, 6.07) is 18.4. The highest BCUT2D eigenvalue weighted by atomic mass is 19.1. The third-order valence-corrected chi connectivity index (χ3v) is 5.02. The van der Waals surface area contributed by atoms with Crippen molar-refractivity contribution in [3.8, 4) is 34.6 Å². The molecule has 0 bridgehead atoms. The average molecular weight is 460 g/mol. The SMILES string of the molecule is CC(C)Oc1nc(-c2ccc3c(c2)OCO3)n(-c2ccc(NC(=O)c3cccc(F)c3)cc2)n1. The molecule has 5 rings (SSSR count). The maximum atomic E-state index is 13.4. The Bertz CT molecular complexity index is 1350. The van der Waals surface area contributed by atoms with E-state index in [1.807, 2.05) is 32.0 Å². The molecule has 1 amide bonds. The number of hydrogen-bond acceptors (Lipinski definition) is 6. The molecule has 172 valence electrons. The Hall–Kier alpha value is -4.40. The van der Waals surface area contributed by atoms with Crippen LogP contribution in [0.25, 0.3) is 17.1 Å². The normalized spacial score (nSPS) is 12.1. The van der Waals surface area contributed by atoms with Crippen LogP contribution in [-0.2, 0) is 0 Å². The number of benzene rings is 3. The molecule has 34 heavy (non-hydrogen) atoms. The van der Waals surface area contributed by atoms with Crippen molar-refractivity contribution >= 4 is 11.6 Å². The molecule has 3 aromatic carbocycles. The second-order valence-corrected chi connectivity index (χ2v) is 7.88. The van der Waals surface area contributed by atoms with Crippen molar-refractivity contribution in [2.45, 2.75) is 20.0 Å². The van der Waals surface area contributed by atoms with E-state index in [0.29, 0.717) is 28.7 Å². The minimum atomic E-state index is -0.468. The van der Waals surface area contributed by atoms with Crippen molar-refractivity contribution in [3.05, 3.63) is 78.1 Å². The predicted molar refractivity (Wildman–Crippen MR) is 123 cm³/mol. The van der Waals surface area contributed by atoms with Crippen LogP contribution in [0.5, 0.6) is 17.5 Å². The molecule has 0 saturated carbocycles. The lowest BCUT2D eigenvalue weighted by molar-refractivity contribution is 0.102. The lowest BCUT2D eigenvalue weighted by Crippen LogP contribution is -2.12. The quantitative estimate of drug-likeness (QED) is 0.443. The summed E-state index contributed by atoms with van der Waals surface area (Å²) in [4.78, 5) is 17.0. The maximum Gasteiger partial charge on any atom is 0.336 e. The van der Waals surface area contributed by atoms with Gasteiger partial charge < -0.3 is 19.5 Å². The minimum Gasteiger partial charge on any atom is -0.460 e. The minimum absolute atomic E-state index is 0.0964. The third-order valence-electron chi connectivity index (χ3n) is 5.02. The number of nitrogens with one attached hydrogen (secondary N) is 1. The van der Waals surface area contributed by atoms with Gasteiger partial charge in [-0.15, -0.1) is 5.10 Å². The fourth-order valence-electron chi connectivity index (χ4n) is 3.48. The number of rotatable bonds is 6. The number of hydrogen-bond donors (Lipinski definition) is 1. The van der Waals surface area contributed by atoms with Gasteiger partial charge in [0.05, 0.1) is 11.8 Å². The van der Waals surface area contributed by atoms with E-state index in [1.54, 1.807) is 35.0 Å².